The maximum Gasteiger partial charge on any atom is 0.291 e. The Morgan fingerprint density at radius 1 is 1.33 bits per heavy atom. The second kappa shape index (κ2) is 5.49. The van der Waals surface area contributed by atoms with Gasteiger partial charge in [-0.25, -0.2) is 13.8 Å². The zero-order valence-corrected chi connectivity index (χ0v) is 10.2. The van der Waals surface area contributed by atoms with Gasteiger partial charge in [-0.1, -0.05) is 0 Å². The lowest BCUT2D eigenvalue weighted by atomic mass is 10.2. The van der Waals surface area contributed by atoms with E-state index in [-0.39, 0.29) is 5.82 Å². The summed E-state index contributed by atoms with van der Waals surface area (Å²) in [5, 5.41) is 22.0. The maximum atomic E-state index is 13.4. The quantitative estimate of drug-likeness (QED) is 0.667. The average Bonchev–Trinajstić information content (AvgIpc) is 2.40. The number of benzene rings is 1. The monoisotopic (exact) mass is 295 g/mol. The van der Waals surface area contributed by atoms with E-state index in [1.54, 1.807) is 0 Å². The Labute approximate surface area is 116 Å². The van der Waals surface area contributed by atoms with Gasteiger partial charge in [0.25, 0.3) is 11.6 Å². The fourth-order valence-electron chi connectivity index (χ4n) is 1.49. The second-order valence-electron chi connectivity index (χ2n) is 3.90. The van der Waals surface area contributed by atoms with Crippen molar-refractivity contribution >= 4 is 17.4 Å². The van der Waals surface area contributed by atoms with Crippen LogP contribution in [0.5, 0.6) is 5.75 Å². The first-order valence-electron chi connectivity index (χ1n) is 5.48. The molecule has 21 heavy (non-hydrogen) atoms. The number of pyridine rings is 1. The molecule has 2 N–H and O–H groups in total. The number of rotatable bonds is 3. The predicted octanol–water partition coefficient (Wildman–Crippen LogP) is 2.23. The van der Waals surface area contributed by atoms with Gasteiger partial charge in [-0.15, -0.1) is 0 Å². The van der Waals surface area contributed by atoms with Crippen LogP contribution in [0, 0.1) is 21.7 Å². The van der Waals surface area contributed by atoms with Gasteiger partial charge in [0, 0.05) is 6.07 Å². The highest BCUT2D eigenvalue weighted by atomic mass is 19.1. The molecule has 0 fully saturated rings. The average molecular weight is 295 g/mol. The van der Waals surface area contributed by atoms with Crippen LogP contribution in [0.2, 0.25) is 0 Å². The highest BCUT2D eigenvalue weighted by Gasteiger charge is 2.17. The number of nitrogens with zero attached hydrogens (tertiary/aromatic N) is 2. The van der Waals surface area contributed by atoms with Gasteiger partial charge in [0.05, 0.1) is 16.6 Å². The third-order valence-electron chi connectivity index (χ3n) is 2.47. The summed E-state index contributed by atoms with van der Waals surface area (Å²) < 4.78 is 26.1. The van der Waals surface area contributed by atoms with Gasteiger partial charge in [0.2, 0.25) is 0 Å². The zero-order valence-electron chi connectivity index (χ0n) is 10.2. The molecule has 0 unspecified atom stereocenters. The molecule has 108 valence electrons. The molecule has 0 aliphatic heterocycles. The number of hydrogen-bond acceptors (Lipinski definition) is 5. The van der Waals surface area contributed by atoms with Crippen molar-refractivity contribution in [3.63, 3.8) is 0 Å². The number of nitrogens with one attached hydrogen (secondary N) is 1. The van der Waals surface area contributed by atoms with Crippen LogP contribution in [0.25, 0.3) is 0 Å². The molecule has 0 spiro atoms. The fourth-order valence-corrected chi connectivity index (χ4v) is 1.49. The topological polar surface area (TPSA) is 105 Å². The first-order valence-corrected chi connectivity index (χ1v) is 5.48. The Hall–Kier alpha value is -3.10. The molecule has 2 rings (SSSR count). The second-order valence-corrected chi connectivity index (χ2v) is 3.90. The lowest BCUT2D eigenvalue weighted by molar-refractivity contribution is -0.385. The molecular weight excluding hydrogens is 288 g/mol. The minimum absolute atomic E-state index is 0.380. The Morgan fingerprint density at radius 3 is 2.62 bits per heavy atom. The van der Waals surface area contributed by atoms with Gasteiger partial charge in [-0.2, -0.15) is 0 Å². The van der Waals surface area contributed by atoms with E-state index in [0.29, 0.717) is 6.07 Å². The molecule has 1 heterocycles. The number of amides is 1. The third kappa shape index (κ3) is 3.08. The summed E-state index contributed by atoms with van der Waals surface area (Å²) in [5.74, 6) is -3.95. The van der Waals surface area contributed by atoms with Crippen molar-refractivity contribution in [3.05, 3.63) is 57.8 Å². The van der Waals surface area contributed by atoms with E-state index in [1.165, 1.54) is 0 Å². The van der Waals surface area contributed by atoms with Crippen LogP contribution in [0.15, 0.2) is 30.5 Å². The maximum absolute atomic E-state index is 13.4. The van der Waals surface area contributed by atoms with Crippen molar-refractivity contribution in [1.29, 1.82) is 0 Å². The number of hydrogen-bond donors (Lipinski definition) is 2. The normalized spacial score (nSPS) is 10.2. The first kappa shape index (κ1) is 14.3. The van der Waals surface area contributed by atoms with Crippen molar-refractivity contribution < 1.29 is 23.6 Å². The molecule has 0 aliphatic rings. The van der Waals surface area contributed by atoms with Crippen LogP contribution >= 0.6 is 0 Å². The van der Waals surface area contributed by atoms with Crippen LogP contribution < -0.4 is 5.32 Å². The van der Waals surface area contributed by atoms with Gasteiger partial charge >= 0.3 is 0 Å². The van der Waals surface area contributed by atoms with E-state index in [9.17, 15) is 28.8 Å². The summed E-state index contributed by atoms with van der Waals surface area (Å²) in [4.78, 5) is 24.9. The fraction of sp³-hybridized carbons (Fsp3) is 0. The van der Waals surface area contributed by atoms with Crippen molar-refractivity contribution in [2.24, 2.45) is 0 Å². The molecule has 0 bridgehead atoms. The Morgan fingerprint density at radius 2 is 2.05 bits per heavy atom. The predicted molar refractivity (Wildman–Crippen MR) is 66.9 cm³/mol. The van der Waals surface area contributed by atoms with Crippen molar-refractivity contribution in [2.45, 2.75) is 0 Å². The standard InChI is InChI=1S/C12H7F2N3O4/c13-6-1-2-8(9(14)3-6)12(19)16-11-10(18)4-7(5-15-11)17(20)21/h1-5,18H,(H,15,16,19). The third-order valence-corrected chi connectivity index (χ3v) is 2.47. The molecule has 0 atom stereocenters. The van der Waals surface area contributed by atoms with Gasteiger partial charge in [0.1, 0.15) is 17.8 Å². The van der Waals surface area contributed by atoms with Gasteiger partial charge < -0.3 is 10.4 Å². The molecular formula is C12H7F2N3O4. The van der Waals surface area contributed by atoms with Crippen LogP contribution in [-0.2, 0) is 0 Å². The summed E-state index contributed by atoms with van der Waals surface area (Å²) in [6.07, 6.45) is 0.816. The number of carbonyl (C=O) groups is 1. The summed E-state index contributed by atoms with van der Waals surface area (Å²) in [7, 11) is 0. The van der Waals surface area contributed by atoms with E-state index in [1.807, 2.05) is 0 Å². The van der Waals surface area contributed by atoms with E-state index < -0.39 is 39.5 Å². The Kier molecular flexibility index (Phi) is 3.74. The number of anilines is 1. The number of carbonyl (C=O) groups excluding carboxylic acids is 1. The molecule has 2 aromatic rings. The number of aromatic hydroxyl groups is 1. The largest absolute Gasteiger partial charge is 0.504 e. The van der Waals surface area contributed by atoms with E-state index in [0.717, 1.165) is 24.4 Å². The smallest absolute Gasteiger partial charge is 0.291 e. The molecule has 0 radical (unpaired) electrons. The number of halogens is 2. The van der Waals surface area contributed by atoms with Crippen molar-refractivity contribution in [3.8, 4) is 5.75 Å². The van der Waals surface area contributed by atoms with Crippen LogP contribution in [-0.4, -0.2) is 20.9 Å². The van der Waals surface area contributed by atoms with Crippen molar-refractivity contribution in [1.82, 2.24) is 4.98 Å². The molecule has 0 saturated carbocycles. The van der Waals surface area contributed by atoms with Crippen LogP contribution in [0.4, 0.5) is 20.3 Å². The van der Waals surface area contributed by atoms with Gasteiger partial charge in [0.15, 0.2) is 11.6 Å². The van der Waals surface area contributed by atoms with E-state index in [4.69, 9.17) is 0 Å². The summed E-state index contributed by atoms with van der Waals surface area (Å²) in [6, 6.07) is 3.12. The lowest BCUT2D eigenvalue weighted by Gasteiger charge is -2.06. The molecule has 0 saturated heterocycles. The van der Waals surface area contributed by atoms with E-state index >= 15 is 0 Å². The molecule has 7 nitrogen and oxygen atoms in total. The molecule has 1 amide bonds. The highest BCUT2D eigenvalue weighted by molar-refractivity contribution is 6.04. The summed E-state index contributed by atoms with van der Waals surface area (Å²) >= 11 is 0. The number of nitro groups is 1. The summed E-state index contributed by atoms with van der Waals surface area (Å²) in [5.41, 5.74) is -0.936. The molecule has 0 aliphatic carbocycles. The van der Waals surface area contributed by atoms with Crippen LogP contribution in [0.1, 0.15) is 10.4 Å². The molecule has 9 heteroatoms. The first-order chi connectivity index (χ1) is 9.88. The van der Waals surface area contributed by atoms with Gasteiger partial charge in [-0.3, -0.25) is 14.9 Å². The Bertz CT molecular complexity index is 736. The van der Waals surface area contributed by atoms with Gasteiger partial charge in [-0.05, 0) is 12.1 Å². The minimum Gasteiger partial charge on any atom is -0.504 e. The Balaban J connectivity index is 2.25. The van der Waals surface area contributed by atoms with Crippen LogP contribution in [0.3, 0.4) is 0 Å². The zero-order chi connectivity index (χ0) is 15.6. The summed E-state index contributed by atoms with van der Waals surface area (Å²) in [6.45, 7) is 0. The van der Waals surface area contributed by atoms with E-state index in [2.05, 4.69) is 10.3 Å². The SMILES string of the molecule is O=C(Nc1ncc([N+](=O)[O-])cc1O)c1ccc(F)cc1F. The number of aromatic nitrogens is 1. The lowest BCUT2D eigenvalue weighted by Crippen LogP contribution is -2.15. The highest BCUT2D eigenvalue weighted by Crippen LogP contribution is 2.25. The molecule has 1 aromatic heterocycles. The molecule has 1 aromatic carbocycles. The minimum atomic E-state index is -1.09. The van der Waals surface area contributed by atoms with Crippen molar-refractivity contribution in [2.75, 3.05) is 5.32 Å².